The van der Waals surface area contributed by atoms with E-state index in [0.717, 1.165) is 57.3 Å². The van der Waals surface area contributed by atoms with Gasteiger partial charge in [-0.2, -0.15) is 43.7 Å². The molecule has 4 aromatic rings. The fourth-order valence-corrected chi connectivity index (χ4v) is 8.15. The molecule has 65 heavy (non-hydrogen) atoms. The van der Waals surface area contributed by atoms with E-state index in [-0.39, 0.29) is 37.9 Å². The molecule has 0 spiro atoms. The predicted octanol–water partition coefficient (Wildman–Crippen LogP) is 7.77. The Balaban J connectivity index is 0.000000471. The van der Waals surface area contributed by atoms with Crippen LogP contribution >= 0.6 is 46.9 Å². The van der Waals surface area contributed by atoms with Gasteiger partial charge in [-0.1, -0.05) is 54.1 Å². The topological polar surface area (TPSA) is 169 Å². The minimum Gasteiger partial charge on any atom is -0.497 e. The molecule has 18 heteroatoms. The fourth-order valence-electron chi connectivity index (χ4n) is 4.72. The van der Waals surface area contributed by atoms with Crippen molar-refractivity contribution in [3.8, 4) is 17.2 Å². The Morgan fingerprint density at radius 1 is 0.462 bits per heavy atom. The van der Waals surface area contributed by atoms with Crippen molar-refractivity contribution in [1.82, 2.24) is 0 Å². The summed E-state index contributed by atoms with van der Waals surface area (Å²) in [6.45, 7) is 6.17. The summed E-state index contributed by atoms with van der Waals surface area (Å²) < 4.78 is 64.8. The summed E-state index contributed by atoms with van der Waals surface area (Å²) in [6, 6.07) is 30.7. The van der Waals surface area contributed by atoms with Gasteiger partial charge in [0.25, 0.3) is 10.1 Å². The van der Waals surface area contributed by atoms with E-state index in [1.54, 1.807) is 57.4 Å². The molecule has 13 nitrogen and oxygen atoms in total. The van der Waals surface area contributed by atoms with Gasteiger partial charge in [-0.15, -0.1) is 11.6 Å². The Morgan fingerprint density at radius 3 is 1.12 bits per heavy atom. The van der Waals surface area contributed by atoms with Gasteiger partial charge < -0.3 is 48.5 Å². The number of aryl methyl sites for hydroxylation is 1. The lowest BCUT2D eigenvalue weighted by Gasteiger charge is -2.07. The molecule has 0 fully saturated rings. The Labute approximate surface area is 405 Å². The molecule has 0 saturated heterocycles. The van der Waals surface area contributed by atoms with Crippen LogP contribution in [0.25, 0.3) is 0 Å². The van der Waals surface area contributed by atoms with Gasteiger partial charge in [0.05, 0.1) is 106 Å². The first-order chi connectivity index (χ1) is 31.7. The molecule has 4 aromatic carbocycles. The third-order valence-electron chi connectivity index (χ3n) is 8.10. The lowest BCUT2D eigenvalue weighted by atomic mass is 10.2. The number of rotatable bonds is 31. The summed E-state index contributed by atoms with van der Waals surface area (Å²) in [5.41, 5.74) is 4.80. The van der Waals surface area contributed by atoms with Gasteiger partial charge in [-0.05, 0) is 72.1 Å². The van der Waals surface area contributed by atoms with Gasteiger partial charge in [-0.25, -0.2) is 0 Å². The minimum atomic E-state index is -3.71. The lowest BCUT2D eigenvalue weighted by Crippen LogP contribution is -2.12. The Morgan fingerprint density at radius 2 is 0.800 bits per heavy atom. The quantitative estimate of drug-likeness (QED) is 0.0254. The van der Waals surface area contributed by atoms with E-state index < -0.39 is 10.1 Å². The van der Waals surface area contributed by atoms with Crippen LogP contribution in [0, 0.1) is 6.92 Å². The first kappa shape index (κ1) is 60.3. The van der Waals surface area contributed by atoms with Crippen LogP contribution in [-0.2, 0) is 50.5 Å². The van der Waals surface area contributed by atoms with Crippen molar-refractivity contribution in [2.24, 2.45) is 0 Å². The summed E-state index contributed by atoms with van der Waals surface area (Å²) in [4.78, 5) is 0.165. The van der Waals surface area contributed by atoms with Crippen LogP contribution in [0.4, 0.5) is 0 Å². The maximum atomic E-state index is 12.0. The molecule has 0 atom stereocenters. The first-order valence-electron chi connectivity index (χ1n) is 20.9. The van der Waals surface area contributed by atoms with Crippen LogP contribution in [0.3, 0.4) is 0 Å². The maximum absolute atomic E-state index is 12.0. The molecule has 366 valence electrons. The van der Waals surface area contributed by atoms with Gasteiger partial charge >= 0.3 is 0 Å². The molecule has 0 unspecified atom stereocenters. The molecule has 0 heterocycles. The van der Waals surface area contributed by atoms with Crippen LogP contribution in [0.2, 0.25) is 0 Å². The van der Waals surface area contributed by atoms with Gasteiger partial charge in [0.1, 0.15) is 17.2 Å². The van der Waals surface area contributed by atoms with Crippen LogP contribution in [-0.4, -0.2) is 147 Å². The first-order valence-corrected chi connectivity index (χ1v) is 26.3. The van der Waals surface area contributed by atoms with E-state index in [1.807, 2.05) is 79.0 Å². The standard InChI is InChI=1S/C19H24O5S2.2C12H18O3S.C4H9ClO2/c1-16-3-9-19(10-4-16)26(20,21)24-12-11-23-13-14-25-15-17-5-7-18(22-2)8-6-17;2*1-14-12-4-2-11(3-5-12)10-16-9-8-15-7-6-13;5-1-3-7-4-2-6/h3-10H,11-15H2,1-2H3;2*2-5,13H,6-10H2,1H3;6H,1-4H2. The zero-order valence-corrected chi connectivity index (χ0v) is 42.1. The van der Waals surface area contributed by atoms with Crippen LogP contribution in [0.5, 0.6) is 17.2 Å². The average molecular weight is 1010 g/mol. The number of aliphatic hydroxyl groups is 3. The molecular formula is C47H69ClO13S4. The molecule has 0 saturated carbocycles. The second kappa shape index (κ2) is 41.4. The number of benzene rings is 4. The van der Waals surface area contributed by atoms with E-state index in [0.29, 0.717) is 52.1 Å². The molecule has 0 aliphatic carbocycles. The number of hydrogen-bond donors (Lipinski definition) is 3. The highest BCUT2D eigenvalue weighted by Gasteiger charge is 2.14. The fraction of sp³-hybridized carbons (Fsp3) is 0.489. The van der Waals surface area contributed by atoms with Crippen molar-refractivity contribution >= 4 is 57.0 Å². The lowest BCUT2D eigenvalue weighted by molar-refractivity contribution is 0.103. The van der Waals surface area contributed by atoms with Gasteiger partial charge in [0.15, 0.2) is 0 Å². The highest BCUT2D eigenvalue weighted by Crippen LogP contribution is 2.19. The smallest absolute Gasteiger partial charge is 0.297 e. The van der Waals surface area contributed by atoms with Crippen molar-refractivity contribution in [3.63, 3.8) is 0 Å². The molecule has 0 aliphatic heterocycles. The monoisotopic (exact) mass is 1000 g/mol. The highest BCUT2D eigenvalue weighted by molar-refractivity contribution is 7.98. The number of methoxy groups -OCH3 is 3. The number of halogens is 1. The van der Waals surface area contributed by atoms with E-state index in [2.05, 4.69) is 24.3 Å². The SMILES string of the molecule is COc1ccc(CSCCOCCO)cc1.COc1ccc(CSCCOCCO)cc1.COc1ccc(CSCCOCCOS(=O)(=O)c2ccc(C)cc2)cc1.OCCOCCCl. The molecule has 0 aromatic heterocycles. The summed E-state index contributed by atoms with van der Waals surface area (Å²) in [5, 5.41) is 25.1. The Kier molecular flexibility index (Phi) is 38.4. The zero-order chi connectivity index (χ0) is 47.6. The summed E-state index contributed by atoms with van der Waals surface area (Å²) in [7, 11) is 1.28. The second-order valence-electron chi connectivity index (χ2n) is 13.1. The van der Waals surface area contributed by atoms with E-state index in [1.165, 1.54) is 16.7 Å². The third kappa shape index (κ3) is 32.6. The highest BCUT2D eigenvalue weighted by atomic mass is 35.5. The van der Waals surface area contributed by atoms with E-state index >= 15 is 0 Å². The van der Waals surface area contributed by atoms with Crippen molar-refractivity contribution < 1.29 is 61.1 Å². The average Bonchev–Trinajstić information content (AvgIpc) is 3.33. The van der Waals surface area contributed by atoms with Gasteiger partial charge in [-0.3, -0.25) is 4.18 Å². The molecule has 0 aliphatic rings. The number of thioether (sulfide) groups is 3. The molecule has 0 radical (unpaired) electrons. The summed E-state index contributed by atoms with van der Waals surface area (Å²) >= 11 is 10.6. The molecule has 3 N–H and O–H groups in total. The molecule has 0 amide bonds. The maximum Gasteiger partial charge on any atom is 0.297 e. The van der Waals surface area contributed by atoms with Gasteiger partial charge in [0.2, 0.25) is 0 Å². The molecule has 4 rings (SSSR count). The van der Waals surface area contributed by atoms with Crippen molar-refractivity contribution in [2.75, 3.05) is 124 Å². The van der Waals surface area contributed by atoms with E-state index in [9.17, 15) is 8.42 Å². The normalized spacial score (nSPS) is 10.7. The third-order valence-corrected chi connectivity index (χ3v) is 12.6. The van der Waals surface area contributed by atoms with Crippen molar-refractivity contribution in [1.29, 1.82) is 0 Å². The number of aliphatic hydroxyl groups excluding tert-OH is 3. The zero-order valence-electron chi connectivity index (χ0n) is 38.1. The minimum absolute atomic E-state index is 0.0133. The number of alkyl halides is 1. The van der Waals surface area contributed by atoms with Crippen LogP contribution in [0.15, 0.2) is 102 Å². The largest absolute Gasteiger partial charge is 0.497 e. The van der Waals surface area contributed by atoms with Crippen molar-refractivity contribution in [3.05, 3.63) is 119 Å². The Hall–Kier alpha value is -2.75. The molecule has 0 bridgehead atoms. The predicted molar refractivity (Wildman–Crippen MR) is 267 cm³/mol. The summed E-state index contributed by atoms with van der Waals surface area (Å²) in [6.07, 6.45) is 0. The number of ether oxygens (including phenoxy) is 7. The van der Waals surface area contributed by atoms with Crippen LogP contribution in [0.1, 0.15) is 22.3 Å². The number of hydrogen-bond acceptors (Lipinski definition) is 16. The summed E-state index contributed by atoms with van der Waals surface area (Å²) in [5.74, 6) is 8.71. The molecular weight excluding hydrogens is 936 g/mol. The van der Waals surface area contributed by atoms with Gasteiger partial charge in [0, 0.05) is 40.4 Å². The second-order valence-corrected chi connectivity index (χ2v) is 18.4. The van der Waals surface area contributed by atoms with Crippen LogP contribution < -0.4 is 14.2 Å². The van der Waals surface area contributed by atoms with E-state index in [4.69, 9.17) is 64.3 Å². The van der Waals surface area contributed by atoms with Crippen molar-refractivity contribution in [2.45, 2.75) is 29.1 Å². The Bertz CT molecular complexity index is 1710.